The van der Waals surface area contributed by atoms with Gasteiger partial charge >= 0.3 is 0 Å². The van der Waals surface area contributed by atoms with Gasteiger partial charge < -0.3 is 5.32 Å². The van der Waals surface area contributed by atoms with Crippen molar-refractivity contribution in [3.63, 3.8) is 0 Å². The Morgan fingerprint density at radius 3 is 2.74 bits per heavy atom. The van der Waals surface area contributed by atoms with Crippen molar-refractivity contribution in [2.75, 3.05) is 0 Å². The van der Waals surface area contributed by atoms with Crippen LogP contribution in [0.4, 0.5) is 0 Å². The zero-order chi connectivity index (χ0) is 19.0. The van der Waals surface area contributed by atoms with E-state index in [1.165, 1.54) is 29.0 Å². The molecule has 3 aromatic rings. The van der Waals surface area contributed by atoms with E-state index in [2.05, 4.69) is 32.2 Å². The average molecular weight is 379 g/mol. The largest absolute Gasteiger partial charge is 0.347 e. The predicted molar refractivity (Wildman–Crippen MR) is 112 cm³/mol. The van der Waals surface area contributed by atoms with Crippen LogP contribution in [0, 0.1) is 11.3 Å². The molecule has 0 radical (unpaired) electrons. The summed E-state index contributed by atoms with van der Waals surface area (Å²) >= 11 is 1.50. The molecule has 1 atom stereocenters. The van der Waals surface area contributed by atoms with Crippen LogP contribution in [0.1, 0.15) is 53.7 Å². The first-order valence-electron chi connectivity index (χ1n) is 9.64. The predicted octanol–water partition coefficient (Wildman–Crippen LogP) is 5.38. The van der Waals surface area contributed by atoms with Gasteiger partial charge in [-0.3, -0.25) is 4.79 Å². The molecule has 4 rings (SSSR count). The number of rotatable bonds is 3. The normalized spacial score (nSPS) is 16.9. The number of hydrogen-bond acceptors (Lipinski definition) is 3. The Hall–Kier alpha value is -2.20. The van der Waals surface area contributed by atoms with Crippen molar-refractivity contribution in [3.8, 4) is 0 Å². The van der Waals surface area contributed by atoms with E-state index in [4.69, 9.17) is 4.98 Å². The Morgan fingerprint density at radius 1 is 1.22 bits per heavy atom. The van der Waals surface area contributed by atoms with Crippen LogP contribution in [-0.4, -0.2) is 10.9 Å². The molecule has 0 fully saturated rings. The van der Waals surface area contributed by atoms with Crippen molar-refractivity contribution in [1.29, 1.82) is 0 Å². The van der Waals surface area contributed by atoms with Crippen molar-refractivity contribution in [1.82, 2.24) is 10.3 Å². The highest BCUT2D eigenvalue weighted by molar-refractivity contribution is 7.20. The maximum Gasteiger partial charge on any atom is 0.261 e. The van der Waals surface area contributed by atoms with Crippen LogP contribution in [0.3, 0.4) is 0 Å². The highest BCUT2D eigenvalue weighted by Crippen LogP contribution is 2.38. The van der Waals surface area contributed by atoms with E-state index in [9.17, 15) is 4.79 Å². The van der Waals surface area contributed by atoms with Crippen LogP contribution < -0.4 is 5.32 Å². The van der Waals surface area contributed by atoms with Crippen LogP contribution in [0.15, 0.2) is 42.5 Å². The minimum Gasteiger partial charge on any atom is -0.347 e. The van der Waals surface area contributed by atoms with Gasteiger partial charge in [0, 0.05) is 17.6 Å². The molecule has 0 spiro atoms. The molecular weight excluding hydrogens is 352 g/mol. The summed E-state index contributed by atoms with van der Waals surface area (Å²) in [6.45, 7) is 7.53. The molecule has 1 aliphatic carbocycles. The molecule has 140 valence electrons. The van der Waals surface area contributed by atoms with Gasteiger partial charge in [0.25, 0.3) is 5.91 Å². The van der Waals surface area contributed by atoms with Crippen molar-refractivity contribution in [2.24, 2.45) is 11.3 Å². The van der Waals surface area contributed by atoms with E-state index < -0.39 is 0 Å². The molecule has 1 N–H and O–H groups in total. The standard InChI is InChI=1S/C23H26N2OS/c1-23(2,3)18-9-10-19-16(12-18)11-17-13-20(27-22(17)25-19)21(26)24-14-15-7-5-4-6-8-15/h4-8,11,13,18H,9-10,12,14H2,1-3H3,(H,24,26). The van der Waals surface area contributed by atoms with Gasteiger partial charge in [0.1, 0.15) is 4.83 Å². The SMILES string of the molecule is CC(C)(C)C1CCc2nc3sc(C(=O)NCc4ccccc4)cc3cc2C1. The third-order valence-electron chi connectivity index (χ3n) is 5.62. The maximum atomic E-state index is 12.6. The second-order valence-corrected chi connectivity index (χ2v) is 9.60. The minimum absolute atomic E-state index is 0.0209. The van der Waals surface area contributed by atoms with E-state index in [-0.39, 0.29) is 5.91 Å². The third-order valence-corrected chi connectivity index (χ3v) is 6.66. The molecule has 0 aliphatic heterocycles. The molecule has 0 saturated heterocycles. The molecule has 1 amide bonds. The monoisotopic (exact) mass is 378 g/mol. The highest BCUT2D eigenvalue weighted by atomic mass is 32.1. The number of thiophene rings is 1. The molecule has 2 heterocycles. The lowest BCUT2D eigenvalue weighted by Gasteiger charge is -2.34. The quantitative estimate of drug-likeness (QED) is 0.665. The van der Waals surface area contributed by atoms with Gasteiger partial charge in [0.05, 0.1) is 4.88 Å². The van der Waals surface area contributed by atoms with Crippen LogP contribution >= 0.6 is 11.3 Å². The van der Waals surface area contributed by atoms with Gasteiger partial charge in [-0.05, 0) is 53.9 Å². The summed E-state index contributed by atoms with van der Waals surface area (Å²) in [5, 5.41) is 4.11. The summed E-state index contributed by atoms with van der Waals surface area (Å²) in [4.78, 5) is 19.2. The van der Waals surface area contributed by atoms with E-state index >= 15 is 0 Å². The lowest BCUT2D eigenvalue weighted by atomic mass is 9.71. The number of amides is 1. The molecule has 2 aromatic heterocycles. The summed E-state index contributed by atoms with van der Waals surface area (Å²) in [6.07, 6.45) is 3.33. The van der Waals surface area contributed by atoms with Gasteiger partial charge in [-0.25, -0.2) is 4.98 Å². The number of carbonyl (C=O) groups excluding carboxylic acids is 1. The minimum atomic E-state index is -0.0209. The number of nitrogens with one attached hydrogen (secondary N) is 1. The number of benzene rings is 1. The highest BCUT2D eigenvalue weighted by Gasteiger charge is 2.29. The van der Waals surface area contributed by atoms with Crippen molar-refractivity contribution >= 4 is 27.5 Å². The number of nitrogens with zero attached hydrogens (tertiary/aromatic N) is 1. The van der Waals surface area contributed by atoms with E-state index in [0.29, 0.717) is 17.9 Å². The van der Waals surface area contributed by atoms with Crippen molar-refractivity contribution < 1.29 is 4.79 Å². The molecule has 27 heavy (non-hydrogen) atoms. The fourth-order valence-corrected chi connectivity index (χ4v) is 4.79. The molecular formula is C23H26N2OS. The van der Waals surface area contributed by atoms with E-state index in [1.807, 2.05) is 36.4 Å². The van der Waals surface area contributed by atoms with Gasteiger partial charge in [0.2, 0.25) is 0 Å². The molecule has 4 heteroatoms. The average Bonchev–Trinajstić information content (AvgIpc) is 3.06. The maximum absolute atomic E-state index is 12.6. The Balaban J connectivity index is 1.53. The van der Waals surface area contributed by atoms with Gasteiger partial charge in [0.15, 0.2) is 0 Å². The number of fused-ring (bicyclic) bond motifs is 2. The molecule has 1 unspecified atom stereocenters. The fraction of sp³-hybridized carbons (Fsp3) is 0.391. The van der Waals surface area contributed by atoms with Gasteiger partial charge in [-0.2, -0.15) is 0 Å². The third kappa shape index (κ3) is 3.91. The van der Waals surface area contributed by atoms with Crippen LogP contribution in [0.2, 0.25) is 0 Å². The molecule has 1 aromatic carbocycles. The first-order chi connectivity index (χ1) is 12.9. The second-order valence-electron chi connectivity index (χ2n) is 8.57. The number of aryl methyl sites for hydroxylation is 1. The summed E-state index contributed by atoms with van der Waals surface area (Å²) < 4.78 is 0. The smallest absolute Gasteiger partial charge is 0.261 e. The zero-order valence-electron chi connectivity index (χ0n) is 16.2. The van der Waals surface area contributed by atoms with Gasteiger partial charge in [-0.15, -0.1) is 11.3 Å². The van der Waals surface area contributed by atoms with Crippen LogP contribution in [0.5, 0.6) is 0 Å². The van der Waals surface area contributed by atoms with Crippen LogP contribution in [-0.2, 0) is 19.4 Å². The van der Waals surface area contributed by atoms with Crippen LogP contribution in [0.25, 0.3) is 10.2 Å². The number of hydrogen-bond donors (Lipinski definition) is 1. The fourth-order valence-electron chi connectivity index (χ4n) is 3.84. The Kier molecular flexibility index (Phi) is 4.77. The molecule has 0 bridgehead atoms. The molecule has 1 aliphatic rings. The van der Waals surface area contributed by atoms with E-state index in [1.54, 1.807) is 0 Å². The van der Waals surface area contributed by atoms with Crippen molar-refractivity contribution in [3.05, 3.63) is 64.2 Å². The Morgan fingerprint density at radius 2 is 2.00 bits per heavy atom. The Bertz CT molecular complexity index is 969. The molecule has 3 nitrogen and oxygen atoms in total. The lowest BCUT2D eigenvalue weighted by Crippen LogP contribution is -2.27. The number of pyridine rings is 1. The summed E-state index contributed by atoms with van der Waals surface area (Å²) in [5.41, 5.74) is 4.02. The second kappa shape index (κ2) is 7.08. The lowest BCUT2D eigenvalue weighted by molar-refractivity contribution is 0.0955. The number of aromatic nitrogens is 1. The Labute approximate surface area is 164 Å². The van der Waals surface area contributed by atoms with Crippen molar-refractivity contribution in [2.45, 2.75) is 46.6 Å². The van der Waals surface area contributed by atoms with E-state index in [0.717, 1.165) is 33.5 Å². The topological polar surface area (TPSA) is 42.0 Å². The molecule has 0 saturated carbocycles. The zero-order valence-corrected chi connectivity index (χ0v) is 17.0. The summed E-state index contributed by atoms with van der Waals surface area (Å²) in [5.74, 6) is 0.670. The summed E-state index contributed by atoms with van der Waals surface area (Å²) in [7, 11) is 0. The summed E-state index contributed by atoms with van der Waals surface area (Å²) in [6, 6.07) is 14.3. The number of carbonyl (C=O) groups is 1. The van der Waals surface area contributed by atoms with Gasteiger partial charge in [-0.1, -0.05) is 51.1 Å². The first kappa shape index (κ1) is 18.2. The first-order valence-corrected chi connectivity index (χ1v) is 10.5.